The first-order valence-electron chi connectivity index (χ1n) is 12.0. The molecule has 1 unspecified atom stereocenters. The van der Waals surface area contributed by atoms with Crippen LogP contribution in [0.3, 0.4) is 0 Å². The molecule has 4 rings (SSSR count). The number of rotatable bonds is 6. The van der Waals surface area contributed by atoms with Gasteiger partial charge in [-0.2, -0.15) is 26.3 Å². The minimum absolute atomic E-state index is 0.155. The minimum Gasteiger partial charge on any atom is -0.475 e. The van der Waals surface area contributed by atoms with Crippen LogP contribution in [0.4, 0.5) is 26.3 Å². The number of furan rings is 1. The summed E-state index contributed by atoms with van der Waals surface area (Å²) in [5, 5.41) is 17.9. The van der Waals surface area contributed by atoms with E-state index < -0.39 is 24.3 Å². The van der Waals surface area contributed by atoms with Gasteiger partial charge in [0.1, 0.15) is 0 Å². The average Bonchev–Trinajstić information content (AvgIpc) is 3.56. The molecule has 218 valence electrons. The molecule has 0 bridgehead atoms. The number of nitrogens with zero attached hydrogens (tertiary/aromatic N) is 2. The Labute approximate surface area is 219 Å². The molecule has 1 atom stereocenters. The number of halogens is 6. The summed E-state index contributed by atoms with van der Waals surface area (Å²) in [6, 6.07) is 6.25. The van der Waals surface area contributed by atoms with Crippen molar-refractivity contribution in [3.63, 3.8) is 0 Å². The second-order valence-electron chi connectivity index (χ2n) is 8.90. The Hall–Kier alpha value is -3.33. The van der Waals surface area contributed by atoms with E-state index in [2.05, 4.69) is 10.2 Å². The van der Waals surface area contributed by atoms with Crippen LogP contribution in [0.1, 0.15) is 36.1 Å². The van der Waals surface area contributed by atoms with Crippen molar-refractivity contribution in [3.05, 3.63) is 57.9 Å². The lowest BCUT2D eigenvalue weighted by molar-refractivity contribution is -0.193. The molecule has 0 radical (unpaired) electrons. The van der Waals surface area contributed by atoms with E-state index in [0.29, 0.717) is 6.04 Å². The largest absolute Gasteiger partial charge is 0.490 e. The van der Waals surface area contributed by atoms with Gasteiger partial charge in [-0.25, -0.2) is 9.59 Å². The second kappa shape index (κ2) is 14.2. The van der Waals surface area contributed by atoms with Gasteiger partial charge in [-0.3, -0.25) is 4.79 Å². The number of aromatic nitrogens is 1. The molecular weight excluding hydrogens is 540 g/mol. The summed E-state index contributed by atoms with van der Waals surface area (Å²) in [5.41, 5.74) is 3.93. The molecule has 9 nitrogen and oxygen atoms in total. The van der Waals surface area contributed by atoms with Crippen LogP contribution >= 0.6 is 0 Å². The predicted molar refractivity (Wildman–Crippen MR) is 125 cm³/mol. The SMILES string of the molecule is O=C(O)C(F)(F)F.O=C(O)C(F)(F)F.O=c1ccc2c(n1CCN1CCCC1)CCC(NCc1ccoc1)C2. The molecule has 1 saturated heterocycles. The maximum absolute atomic E-state index is 12.4. The lowest BCUT2D eigenvalue weighted by Gasteiger charge is -2.28. The first-order chi connectivity index (χ1) is 18.2. The van der Waals surface area contributed by atoms with Gasteiger partial charge in [-0.15, -0.1) is 0 Å². The standard InChI is InChI=1S/C20H27N3O2.2C2HF3O2/c24-20-6-3-17-13-18(21-14-16-7-12-25-15-16)4-5-19(17)23(20)11-10-22-8-1-2-9-22;2*3-2(4,5)1(6)7/h3,6-7,12,15,18,21H,1-2,4-5,8-11,13-14H2;2*(H,6,7). The molecule has 1 aliphatic carbocycles. The number of carboxylic acid groups (broad SMARTS) is 2. The fraction of sp³-hybridized carbons (Fsp3) is 0.542. The van der Waals surface area contributed by atoms with Crippen molar-refractivity contribution in [1.29, 1.82) is 0 Å². The number of carboxylic acids is 2. The number of likely N-dealkylation sites (tertiary alicyclic amines) is 1. The molecule has 39 heavy (non-hydrogen) atoms. The van der Waals surface area contributed by atoms with Crippen LogP contribution in [-0.2, 0) is 35.5 Å². The molecule has 3 heterocycles. The molecule has 3 N–H and O–H groups in total. The number of carbonyl (C=O) groups is 2. The van der Waals surface area contributed by atoms with Crippen LogP contribution in [-0.4, -0.2) is 69.6 Å². The Morgan fingerprint density at radius 2 is 1.56 bits per heavy atom. The zero-order chi connectivity index (χ0) is 29.2. The van der Waals surface area contributed by atoms with Crippen molar-refractivity contribution in [3.8, 4) is 0 Å². The molecule has 2 aliphatic rings. The number of alkyl halides is 6. The third kappa shape index (κ3) is 10.8. The first kappa shape index (κ1) is 31.9. The summed E-state index contributed by atoms with van der Waals surface area (Å²) in [6.07, 6.45) is -1.01. The van der Waals surface area contributed by atoms with E-state index in [9.17, 15) is 31.1 Å². The lowest BCUT2D eigenvalue weighted by Crippen LogP contribution is -2.38. The van der Waals surface area contributed by atoms with Gasteiger partial charge >= 0.3 is 24.3 Å². The Morgan fingerprint density at radius 3 is 2.08 bits per heavy atom. The van der Waals surface area contributed by atoms with E-state index in [1.807, 2.05) is 16.7 Å². The molecule has 2 aromatic rings. The van der Waals surface area contributed by atoms with Crippen LogP contribution in [0.5, 0.6) is 0 Å². The number of fused-ring (bicyclic) bond motifs is 1. The van der Waals surface area contributed by atoms with Crippen molar-refractivity contribution < 1.29 is 50.6 Å². The third-order valence-corrected chi connectivity index (χ3v) is 6.08. The molecule has 0 amide bonds. The van der Waals surface area contributed by atoms with Crippen molar-refractivity contribution in [2.24, 2.45) is 0 Å². The van der Waals surface area contributed by atoms with Gasteiger partial charge in [0.25, 0.3) is 5.56 Å². The number of aliphatic carboxylic acids is 2. The second-order valence-corrected chi connectivity index (χ2v) is 8.90. The monoisotopic (exact) mass is 569 g/mol. The molecule has 1 aliphatic heterocycles. The molecular formula is C24H29F6N3O6. The summed E-state index contributed by atoms with van der Waals surface area (Å²) < 4.78 is 70.6. The highest BCUT2D eigenvalue weighted by molar-refractivity contribution is 5.73. The topological polar surface area (TPSA) is 125 Å². The van der Waals surface area contributed by atoms with Gasteiger partial charge in [0.15, 0.2) is 0 Å². The van der Waals surface area contributed by atoms with Gasteiger partial charge < -0.3 is 29.4 Å². The van der Waals surface area contributed by atoms with Crippen LogP contribution < -0.4 is 10.9 Å². The highest BCUT2D eigenvalue weighted by Crippen LogP contribution is 2.21. The fourth-order valence-corrected chi connectivity index (χ4v) is 4.15. The smallest absolute Gasteiger partial charge is 0.475 e. The van der Waals surface area contributed by atoms with Crippen LogP contribution in [0.15, 0.2) is 39.9 Å². The van der Waals surface area contributed by atoms with Crippen molar-refractivity contribution in [2.45, 2.75) is 63.6 Å². The van der Waals surface area contributed by atoms with E-state index >= 15 is 0 Å². The zero-order valence-corrected chi connectivity index (χ0v) is 20.7. The number of hydrogen-bond donors (Lipinski definition) is 3. The van der Waals surface area contributed by atoms with E-state index in [1.54, 1.807) is 18.6 Å². The van der Waals surface area contributed by atoms with Crippen LogP contribution in [0.2, 0.25) is 0 Å². The van der Waals surface area contributed by atoms with Gasteiger partial charge in [0.05, 0.1) is 12.5 Å². The summed E-state index contributed by atoms with van der Waals surface area (Å²) in [5.74, 6) is -5.51. The first-order valence-corrected chi connectivity index (χ1v) is 12.0. The maximum Gasteiger partial charge on any atom is 0.490 e. The highest BCUT2D eigenvalue weighted by Gasteiger charge is 2.38. The molecule has 15 heteroatoms. The Balaban J connectivity index is 0.000000317. The number of nitrogens with one attached hydrogen (secondary N) is 1. The van der Waals surface area contributed by atoms with Crippen LogP contribution in [0.25, 0.3) is 0 Å². The summed E-state index contributed by atoms with van der Waals surface area (Å²) in [6.45, 7) is 5.03. The van der Waals surface area contributed by atoms with E-state index in [1.165, 1.54) is 42.8 Å². The number of pyridine rings is 1. The van der Waals surface area contributed by atoms with E-state index in [0.717, 1.165) is 38.9 Å². The molecule has 0 spiro atoms. The molecule has 0 aromatic carbocycles. The minimum atomic E-state index is -5.08. The van der Waals surface area contributed by atoms with Crippen molar-refractivity contribution in [1.82, 2.24) is 14.8 Å². The van der Waals surface area contributed by atoms with E-state index in [4.69, 9.17) is 24.2 Å². The van der Waals surface area contributed by atoms with Gasteiger partial charge in [-0.1, -0.05) is 6.07 Å². The molecule has 0 saturated carbocycles. The lowest BCUT2D eigenvalue weighted by atomic mass is 9.91. The Kier molecular flexibility index (Phi) is 11.6. The van der Waals surface area contributed by atoms with Crippen molar-refractivity contribution in [2.75, 3.05) is 19.6 Å². The van der Waals surface area contributed by atoms with Gasteiger partial charge in [-0.05, 0) is 56.8 Å². The molecule has 2 aromatic heterocycles. The number of hydrogen-bond acceptors (Lipinski definition) is 6. The normalized spacial score (nSPS) is 17.3. The summed E-state index contributed by atoms with van der Waals surface area (Å²) in [4.78, 5) is 32.6. The van der Waals surface area contributed by atoms with Gasteiger partial charge in [0, 0.05) is 43.0 Å². The molecule has 1 fully saturated rings. The Morgan fingerprint density at radius 1 is 0.974 bits per heavy atom. The van der Waals surface area contributed by atoms with Crippen molar-refractivity contribution >= 4 is 11.9 Å². The summed E-state index contributed by atoms with van der Waals surface area (Å²) >= 11 is 0. The third-order valence-electron chi connectivity index (χ3n) is 6.08. The van der Waals surface area contributed by atoms with Gasteiger partial charge in [0.2, 0.25) is 0 Å². The Bertz CT molecular complexity index is 1100. The highest BCUT2D eigenvalue weighted by atomic mass is 19.4. The predicted octanol–water partition coefficient (Wildman–Crippen LogP) is 3.45. The van der Waals surface area contributed by atoms with E-state index in [-0.39, 0.29) is 5.56 Å². The van der Waals surface area contributed by atoms with Crippen LogP contribution in [0, 0.1) is 0 Å². The zero-order valence-electron chi connectivity index (χ0n) is 20.7. The summed E-state index contributed by atoms with van der Waals surface area (Å²) in [7, 11) is 0. The average molecular weight is 569 g/mol. The fourth-order valence-electron chi connectivity index (χ4n) is 4.15. The maximum atomic E-state index is 12.4. The quantitative estimate of drug-likeness (QED) is 0.452.